The highest BCUT2D eigenvalue weighted by Crippen LogP contribution is 2.25. The molecule has 6 nitrogen and oxygen atoms in total. The number of methoxy groups -OCH3 is 1. The van der Waals surface area contributed by atoms with Crippen LogP contribution < -0.4 is 10.1 Å². The molecule has 0 saturated heterocycles. The molecule has 1 N–H and O–H groups in total. The van der Waals surface area contributed by atoms with Gasteiger partial charge in [-0.25, -0.2) is 14.1 Å². The predicted octanol–water partition coefficient (Wildman–Crippen LogP) is 4.95. The minimum Gasteiger partial charge on any atom is -0.497 e. The molecule has 156 valence electrons. The number of nitrogens with zero attached hydrogens (tertiary/aromatic N) is 3. The van der Waals surface area contributed by atoms with Gasteiger partial charge in [0.2, 0.25) is 5.82 Å². The number of ether oxygens (including phenoxy) is 1. The number of amides is 1. The van der Waals surface area contributed by atoms with Gasteiger partial charge in [0.05, 0.1) is 12.8 Å². The third-order valence-corrected chi connectivity index (χ3v) is 4.83. The molecule has 1 aromatic heterocycles. The lowest BCUT2D eigenvalue weighted by Gasteiger charge is -2.10. The quantitative estimate of drug-likeness (QED) is 0.500. The first-order valence-electron chi connectivity index (χ1n) is 9.70. The summed E-state index contributed by atoms with van der Waals surface area (Å²) in [5, 5.41) is 7.28. The second-order valence-electron chi connectivity index (χ2n) is 7.15. The maximum absolute atomic E-state index is 13.5. The van der Waals surface area contributed by atoms with Gasteiger partial charge in [-0.1, -0.05) is 18.2 Å². The fraction of sp³-hybridized carbons (Fsp3) is 0.125. The molecule has 0 aliphatic rings. The number of halogens is 1. The Hall–Kier alpha value is -4.00. The molecule has 1 amide bonds. The molecule has 4 aromatic rings. The van der Waals surface area contributed by atoms with Crippen molar-refractivity contribution in [2.24, 2.45) is 0 Å². The summed E-state index contributed by atoms with van der Waals surface area (Å²) in [5.74, 6) is 0.268. The fourth-order valence-corrected chi connectivity index (χ4v) is 3.20. The zero-order valence-electron chi connectivity index (χ0n) is 17.4. The van der Waals surface area contributed by atoms with Gasteiger partial charge in [-0.05, 0) is 67.4 Å². The van der Waals surface area contributed by atoms with Gasteiger partial charge in [0.1, 0.15) is 11.6 Å². The lowest BCUT2D eigenvalue weighted by molar-refractivity contribution is 0.101. The molecule has 4 rings (SSSR count). The van der Waals surface area contributed by atoms with Crippen LogP contribution in [0.15, 0.2) is 66.7 Å². The van der Waals surface area contributed by atoms with Crippen LogP contribution in [0, 0.1) is 19.7 Å². The van der Waals surface area contributed by atoms with Gasteiger partial charge in [-0.15, -0.1) is 5.10 Å². The first kappa shape index (κ1) is 20.3. The molecule has 3 aromatic carbocycles. The Morgan fingerprint density at radius 1 is 1.03 bits per heavy atom. The predicted molar refractivity (Wildman–Crippen MR) is 117 cm³/mol. The average molecular weight is 416 g/mol. The Morgan fingerprint density at radius 3 is 2.55 bits per heavy atom. The molecule has 0 unspecified atom stereocenters. The van der Waals surface area contributed by atoms with Crippen molar-refractivity contribution in [1.29, 1.82) is 0 Å². The fourth-order valence-electron chi connectivity index (χ4n) is 3.20. The molecule has 0 bridgehead atoms. The number of benzene rings is 3. The Morgan fingerprint density at radius 2 is 1.81 bits per heavy atom. The molecule has 7 heteroatoms. The van der Waals surface area contributed by atoms with E-state index in [-0.39, 0.29) is 11.6 Å². The van der Waals surface area contributed by atoms with E-state index < -0.39 is 5.91 Å². The average Bonchev–Trinajstić information content (AvgIpc) is 3.21. The highest BCUT2D eigenvalue weighted by Gasteiger charge is 2.20. The van der Waals surface area contributed by atoms with E-state index in [1.165, 1.54) is 12.1 Å². The molecule has 0 aliphatic carbocycles. The maximum atomic E-state index is 13.5. The molecule has 0 atom stereocenters. The van der Waals surface area contributed by atoms with Crippen LogP contribution in [-0.4, -0.2) is 27.8 Å². The zero-order valence-corrected chi connectivity index (χ0v) is 17.4. The second-order valence-corrected chi connectivity index (χ2v) is 7.15. The summed E-state index contributed by atoms with van der Waals surface area (Å²) in [5.41, 5.74) is 4.03. The number of hydrogen-bond acceptors (Lipinski definition) is 4. The van der Waals surface area contributed by atoms with Crippen LogP contribution in [0.4, 0.5) is 10.1 Å². The van der Waals surface area contributed by atoms with Gasteiger partial charge in [0.15, 0.2) is 5.82 Å². The summed E-state index contributed by atoms with van der Waals surface area (Å²) in [6.07, 6.45) is 0. The highest BCUT2D eigenvalue weighted by atomic mass is 19.1. The smallest absolute Gasteiger partial charge is 0.295 e. The van der Waals surface area contributed by atoms with E-state index in [9.17, 15) is 9.18 Å². The summed E-state index contributed by atoms with van der Waals surface area (Å²) in [7, 11) is 1.56. The van der Waals surface area contributed by atoms with E-state index in [0.29, 0.717) is 22.8 Å². The lowest BCUT2D eigenvalue weighted by Crippen LogP contribution is -2.14. The summed E-state index contributed by atoms with van der Waals surface area (Å²) >= 11 is 0. The largest absolute Gasteiger partial charge is 0.497 e. The number of carbonyl (C=O) groups is 1. The van der Waals surface area contributed by atoms with Crippen molar-refractivity contribution in [3.8, 4) is 22.8 Å². The Bertz CT molecular complexity index is 1250. The summed E-state index contributed by atoms with van der Waals surface area (Å²) in [4.78, 5) is 17.4. The number of anilines is 1. The highest BCUT2D eigenvalue weighted by molar-refractivity contribution is 6.02. The third kappa shape index (κ3) is 4.30. The number of carbonyl (C=O) groups excluding carboxylic acids is 1. The van der Waals surface area contributed by atoms with Crippen LogP contribution in [0.2, 0.25) is 0 Å². The van der Waals surface area contributed by atoms with Crippen molar-refractivity contribution in [3.05, 3.63) is 89.5 Å². The SMILES string of the molecule is COc1cccc(NC(=O)c2nc(-c3ccc(F)cc3)n(-c3cc(C)ccc3C)n2)c1. The topological polar surface area (TPSA) is 69.0 Å². The van der Waals surface area contributed by atoms with Crippen molar-refractivity contribution in [1.82, 2.24) is 14.8 Å². The van der Waals surface area contributed by atoms with Gasteiger partial charge in [0.25, 0.3) is 5.91 Å². The van der Waals surface area contributed by atoms with Crippen LogP contribution in [0.3, 0.4) is 0 Å². The summed E-state index contributed by atoms with van der Waals surface area (Å²) < 4.78 is 20.3. The van der Waals surface area contributed by atoms with E-state index in [1.807, 2.05) is 32.0 Å². The van der Waals surface area contributed by atoms with E-state index in [2.05, 4.69) is 15.4 Å². The standard InChI is InChI=1S/C24H21FN4O2/c1-15-7-8-16(2)21(13-15)29-23(17-9-11-18(25)12-10-17)27-22(28-29)24(30)26-19-5-4-6-20(14-19)31-3/h4-14H,1-3H3,(H,26,30). The maximum Gasteiger partial charge on any atom is 0.295 e. The van der Waals surface area contributed by atoms with Crippen LogP contribution in [0.25, 0.3) is 17.1 Å². The Kier molecular flexibility index (Phi) is 5.49. The van der Waals surface area contributed by atoms with Gasteiger partial charge < -0.3 is 10.1 Å². The molecule has 0 aliphatic heterocycles. The number of hydrogen-bond donors (Lipinski definition) is 1. The molecule has 31 heavy (non-hydrogen) atoms. The van der Waals surface area contributed by atoms with E-state index >= 15 is 0 Å². The van der Waals surface area contributed by atoms with Crippen molar-refractivity contribution >= 4 is 11.6 Å². The third-order valence-electron chi connectivity index (χ3n) is 4.83. The van der Waals surface area contributed by atoms with Crippen LogP contribution in [0.1, 0.15) is 21.7 Å². The van der Waals surface area contributed by atoms with E-state index in [4.69, 9.17) is 4.74 Å². The van der Waals surface area contributed by atoms with Crippen LogP contribution >= 0.6 is 0 Å². The van der Waals surface area contributed by atoms with E-state index in [1.54, 1.807) is 48.2 Å². The van der Waals surface area contributed by atoms with Crippen molar-refractivity contribution in [2.75, 3.05) is 12.4 Å². The van der Waals surface area contributed by atoms with Gasteiger partial charge in [-0.3, -0.25) is 4.79 Å². The number of aromatic nitrogens is 3. The van der Waals surface area contributed by atoms with Crippen molar-refractivity contribution in [3.63, 3.8) is 0 Å². The van der Waals surface area contributed by atoms with Gasteiger partial charge in [-0.2, -0.15) is 0 Å². The summed E-state index contributed by atoms with van der Waals surface area (Å²) in [6, 6.07) is 18.9. The van der Waals surface area contributed by atoms with Crippen LogP contribution in [-0.2, 0) is 0 Å². The number of nitrogens with one attached hydrogen (secondary N) is 1. The Balaban J connectivity index is 1.78. The first-order chi connectivity index (χ1) is 14.9. The zero-order chi connectivity index (χ0) is 22.0. The number of aryl methyl sites for hydroxylation is 2. The molecule has 0 radical (unpaired) electrons. The second kappa shape index (κ2) is 8.39. The first-order valence-corrected chi connectivity index (χ1v) is 9.70. The minimum absolute atomic E-state index is 0.00283. The molecule has 0 spiro atoms. The monoisotopic (exact) mass is 416 g/mol. The van der Waals surface area contributed by atoms with Gasteiger partial charge in [0, 0.05) is 17.3 Å². The molecular weight excluding hydrogens is 395 g/mol. The lowest BCUT2D eigenvalue weighted by atomic mass is 10.1. The van der Waals surface area contributed by atoms with Crippen molar-refractivity contribution < 1.29 is 13.9 Å². The summed E-state index contributed by atoms with van der Waals surface area (Å²) in [6.45, 7) is 3.94. The van der Waals surface area contributed by atoms with E-state index in [0.717, 1.165) is 16.8 Å². The Labute approximate surface area is 179 Å². The molecular formula is C24H21FN4O2. The minimum atomic E-state index is -0.458. The van der Waals surface area contributed by atoms with Crippen molar-refractivity contribution in [2.45, 2.75) is 13.8 Å². The molecule has 1 heterocycles. The molecule has 0 fully saturated rings. The van der Waals surface area contributed by atoms with Crippen LogP contribution in [0.5, 0.6) is 5.75 Å². The number of rotatable bonds is 5. The normalized spacial score (nSPS) is 10.7. The molecule has 0 saturated carbocycles. The van der Waals surface area contributed by atoms with Gasteiger partial charge >= 0.3 is 0 Å².